The fourth-order valence-electron chi connectivity index (χ4n) is 1.59. The van der Waals surface area contributed by atoms with Crippen molar-refractivity contribution in [1.82, 2.24) is 0 Å². The molecule has 2 nitrogen and oxygen atoms in total. The van der Waals surface area contributed by atoms with Gasteiger partial charge < -0.3 is 9.84 Å². The number of hydrogen-bond donors (Lipinski definition) is 1. The third kappa shape index (κ3) is 1.71. The summed E-state index contributed by atoms with van der Waals surface area (Å²) in [4.78, 5) is 0. The summed E-state index contributed by atoms with van der Waals surface area (Å²) in [6, 6.07) is 5.71. The lowest BCUT2D eigenvalue weighted by Gasteiger charge is -2.27. The highest BCUT2D eigenvalue weighted by molar-refractivity contribution is 9.10. The summed E-state index contributed by atoms with van der Waals surface area (Å²) in [5.41, 5.74) is 0.890. The molecular weight excluding hydrogens is 232 g/mol. The van der Waals surface area contributed by atoms with Crippen molar-refractivity contribution in [2.75, 3.05) is 0 Å². The molecule has 1 aromatic carbocycles. The van der Waals surface area contributed by atoms with Crippen molar-refractivity contribution in [3.63, 3.8) is 0 Å². The zero-order chi connectivity index (χ0) is 9.42. The maximum Gasteiger partial charge on any atom is 0.126 e. The average molecular weight is 243 g/mol. The molecule has 2 rings (SSSR count). The fraction of sp³-hybridized carbons (Fsp3) is 0.400. The van der Waals surface area contributed by atoms with Gasteiger partial charge in [0, 0.05) is 16.5 Å². The van der Waals surface area contributed by atoms with E-state index in [4.69, 9.17) is 4.74 Å². The minimum atomic E-state index is -0.383. The number of benzene rings is 1. The monoisotopic (exact) mass is 242 g/mol. The highest BCUT2D eigenvalue weighted by Crippen LogP contribution is 2.36. The molecule has 3 heteroatoms. The molecule has 1 aromatic rings. The number of hydrogen-bond acceptors (Lipinski definition) is 2. The van der Waals surface area contributed by atoms with E-state index >= 15 is 0 Å². The van der Waals surface area contributed by atoms with Gasteiger partial charge in [-0.15, -0.1) is 0 Å². The van der Waals surface area contributed by atoms with E-state index in [0.29, 0.717) is 6.42 Å². The predicted octanol–water partition coefficient (Wildman–Crippen LogP) is 2.65. The van der Waals surface area contributed by atoms with E-state index in [1.165, 1.54) is 0 Å². The van der Waals surface area contributed by atoms with Crippen LogP contribution in [0.1, 0.15) is 25.0 Å². The Morgan fingerprint density at radius 1 is 1.54 bits per heavy atom. The topological polar surface area (TPSA) is 29.5 Å². The summed E-state index contributed by atoms with van der Waals surface area (Å²) in [5, 5.41) is 9.73. The molecule has 0 aliphatic carbocycles. The molecule has 0 spiro atoms. The van der Waals surface area contributed by atoms with E-state index in [9.17, 15) is 5.11 Å². The van der Waals surface area contributed by atoms with Gasteiger partial charge in [0.25, 0.3) is 0 Å². The largest absolute Gasteiger partial charge is 0.490 e. The molecule has 70 valence electrons. The molecule has 0 saturated carbocycles. The van der Waals surface area contributed by atoms with Gasteiger partial charge in [-0.25, -0.2) is 0 Å². The maximum atomic E-state index is 9.73. The SMILES string of the molecule is CC1C[C@@H](O)c2ccc(Br)cc2O1. The predicted molar refractivity (Wildman–Crippen MR) is 53.8 cm³/mol. The zero-order valence-corrected chi connectivity index (χ0v) is 8.91. The summed E-state index contributed by atoms with van der Waals surface area (Å²) in [5.74, 6) is 0.792. The van der Waals surface area contributed by atoms with Crippen LogP contribution in [0.3, 0.4) is 0 Å². The average Bonchev–Trinajstić information content (AvgIpc) is 2.02. The van der Waals surface area contributed by atoms with Crippen LogP contribution in [0.4, 0.5) is 0 Å². The number of halogens is 1. The molecule has 1 aliphatic heterocycles. The Labute approximate surface area is 85.7 Å². The molecule has 1 N–H and O–H groups in total. The summed E-state index contributed by atoms with van der Waals surface area (Å²) in [7, 11) is 0. The highest BCUT2D eigenvalue weighted by atomic mass is 79.9. The summed E-state index contributed by atoms with van der Waals surface area (Å²) < 4.78 is 6.57. The summed E-state index contributed by atoms with van der Waals surface area (Å²) in [6.45, 7) is 1.97. The Bertz CT molecular complexity index is 325. The van der Waals surface area contributed by atoms with Gasteiger partial charge in [-0.3, -0.25) is 0 Å². The zero-order valence-electron chi connectivity index (χ0n) is 7.33. The standard InChI is InChI=1S/C10H11BrO2/c1-6-4-9(12)8-3-2-7(11)5-10(8)13-6/h2-3,5-6,9,12H,4H2,1H3/t6?,9-/m1/s1. The number of fused-ring (bicyclic) bond motifs is 1. The summed E-state index contributed by atoms with van der Waals surface area (Å²) >= 11 is 3.37. The number of rotatable bonds is 0. The van der Waals surface area contributed by atoms with Crippen LogP contribution in [-0.4, -0.2) is 11.2 Å². The van der Waals surface area contributed by atoms with Gasteiger partial charge in [-0.2, -0.15) is 0 Å². The van der Waals surface area contributed by atoms with Crippen LogP contribution in [0.15, 0.2) is 22.7 Å². The molecule has 1 heterocycles. The lowest BCUT2D eigenvalue weighted by atomic mass is 10.00. The van der Waals surface area contributed by atoms with Crippen molar-refractivity contribution in [2.45, 2.75) is 25.6 Å². The van der Waals surface area contributed by atoms with Gasteiger partial charge in [-0.05, 0) is 19.1 Å². The first-order chi connectivity index (χ1) is 6.16. The quantitative estimate of drug-likeness (QED) is 0.759. The van der Waals surface area contributed by atoms with Crippen molar-refractivity contribution >= 4 is 15.9 Å². The van der Waals surface area contributed by atoms with E-state index < -0.39 is 0 Å². The number of aliphatic hydroxyl groups is 1. The van der Waals surface area contributed by atoms with E-state index in [1.807, 2.05) is 25.1 Å². The van der Waals surface area contributed by atoms with Crippen molar-refractivity contribution in [2.24, 2.45) is 0 Å². The van der Waals surface area contributed by atoms with Crippen molar-refractivity contribution in [3.05, 3.63) is 28.2 Å². The minimum absolute atomic E-state index is 0.0943. The normalized spacial score (nSPS) is 26.4. The second-order valence-corrected chi connectivity index (χ2v) is 4.28. The van der Waals surface area contributed by atoms with Gasteiger partial charge in [0.2, 0.25) is 0 Å². The van der Waals surface area contributed by atoms with E-state index in [1.54, 1.807) is 0 Å². The van der Waals surface area contributed by atoms with Crippen LogP contribution < -0.4 is 4.74 Å². The van der Waals surface area contributed by atoms with E-state index in [-0.39, 0.29) is 12.2 Å². The van der Waals surface area contributed by atoms with Crippen LogP contribution >= 0.6 is 15.9 Å². The molecule has 13 heavy (non-hydrogen) atoms. The van der Waals surface area contributed by atoms with Crippen LogP contribution in [-0.2, 0) is 0 Å². The lowest BCUT2D eigenvalue weighted by molar-refractivity contribution is 0.0749. The van der Waals surface area contributed by atoms with Crippen LogP contribution in [0.25, 0.3) is 0 Å². The maximum absolute atomic E-state index is 9.73. The molecule has 2 atom stereocenters. The Morgan fingerprint density at radius 3 is 3.08 bits per heavy atom. The first-order valence-electron chi connectivity index (χ1n) is 4.31. The molecule has 0 aromatic heterocycles. The first kappa shape index (κ1) is 9.03. The van der Waals surface area contributed by atoms with Crippen molar-refractivity contribution < 1.29 is 9.84 Å². The third-order valence-electron chi connectivity index (χ3n) is 2.22. The van der Waals surface area contributed by atoms with Gasteiger partial charge in [0.1, 0.15) is 5.75 Å². The van der Waals surface area contributed by atoms with Crippen LogP contribution in [0.5, 0.6) is 5.75 Å². The van der Waals surface area contributed by atoms with Crippen molar-refractivity contribution in [1.29, 1.82) is 0 Å². The molecule has 0 radical (unpaired) electrons. The second kappa shape index (κ2) is 3.31. The Morgan fingerprint density at radius 2 is 2.31 bits per heavy atom. The van der Waals surface area contributed by atoms with Gasteiger partial charge >= 0.3 is 0 Å². The minimum Gasteiger partial charge on any atom is -0.490 e. The fourth-order valence-corrected chi connectivity index (χ4v) is 1.93. The number of ether oxygens (including phenoxy) is 1. The van der Waals surface area contributed by atoms with Gasteiger partial charge in [0.15, 0.2) is 0 Å². The number of aliphatic hydroxyl groups excluding tert-OH is 1. The molecule has 0 fully saturated rings. The van der Waals surface area contributed by atoms with E-state index in [0.717, 1.165) is 15.8 Å². The Balaban J connectivity index is 2.43. The molecular formula is C10H11BrO2. The second-order valence-electron chi connectivity index (χ2n) is 3.36. The van der Waals surface area contributed by atoms with Crippen LogP contribution in [0, 0.1) is 0 Å². The molecule has 0 amide bonds. The highest BCUT2D eigenvalue weighted by Gasteiger charge is 2.23. The summed E-state index contributed by atoms with van der Waals surface area (Å²) in [6.07, 6.45) is 0.387. The molecule has 1 unspecified atom stereocenters. The molecule has 0 saturated heterocycles. The smallest absolute Gasteiger partial charge is 0.126 e. The molecule has 0 bridgehead atoms. The lowest BCUT2D eigenvalue weighted by Crippen LogP contribution is -2.22. The van der Waals surface area contributed by atoms with Crippen molar-refractivity contribution in [3.8, 4) is 5.75 Å². The van der Waals surface area contributed by atoms with Gasteiger partial charge in [0.05, 0.1) is 12.2 Å². The van der Waals surface area contributed by atoms with Gasteiger partial charge in [-0.1, -0.05) is 22.0 Å². The van der Waals surface area contributed by atoms with Crippen LogP contribution in [0.2, 0.25) is 0 Å². The van der Waals surface area contributed by atoms with E-state index in [2.05, 4.69) is 15.9 Å². The Hall–Kier alpha value is -0.540. The molecule has 1 aliphatic rings. The first-order valence-corrected chi connectivity index (χ1v) is 5.10. The Kier molecular flexibility index (Phi) is 2.30. The third-order valence-corrected chi connectivity index (χ3v) is 2.71.